The minimum absolute atomic E-state index is 0.00873. The van der Waals surface area contributed by atoms with Crippen LogP contribution in [0.15, 0.2) is 66.7 Å². The van der Waals surface area contributed by atoms with E-state index in [1.807, 2.05) is 30.3 Å². The average Bonchev–Trinajstić information content (AvgIpc) is 3.05. The molecule has 4 rings (SSSR count). The summed E-state index contributed by atoms with van der Waals surface area (Å²) in [5.74, 6) is -2.65. The highest BCUT2D eigenvalue weighted by Crippen LogP contribution is 2.35. The van der Waals surface area contributed by atoms with Gasteiger partial charge in [0, 0.05) is 0 Å². The van der Waals surface area contributed by atoms with Crippen LogP contribution in [0, 0.1) is 5.82 Å². The highest BCUT2D eigenvalue weighted by atomic mass is 35.5. The Kier molecular flexibility index (Phi) is 5.92. The maximum absolute atomic E-state index is 14.7. The first-order valence-electron chi connectivity index (χ1n) is 9.80. The van der Waals surface area contributed by atoms with E-state index in [1.54, 1.807) is 19.1 Å². The molecule has 1 heterocycles. The van der Waals surface area contributed by atoms with Gasteiger partial charge in [-0.25, -0.2) is 14.1 Å². The van der Waals surface area contributed by atoms with Crippen LogP contribution in [0.25, 0.3) is 0 Å². The molecule has 3 aromatic rings. The van der Waals surface area contributed by atoms with Gasteiger partial charge in [0.05, 0.1) is 27.5 Å². The zero-order chi connectivity index (χ0) is 22.8. The largest absolute Gasteiger partial charge is 0.459 e. The number of nitrogens with one attached hydrogen (secondary N) is 1. The SMILES string of the molecule is CC(Nc1cc(N2C(=O)c3ccccc3C2=O)c(F)cc1Cl)C(=O)OCc1ccccc1. The number of carbonyl (C=O) groups is 3. The Hall–Kier alpha value is -3.71. The molecule has 0 saturated heterocycles. The number of ether oxygens (including phenoxy) is 1. The van der Waals surface area contributed by atoms with Crippen LogP contribution in [0.1, 0.15) is 33.2 Å². The third-order valence-corrected chi connectivity index (χ3v) is 5.33. The van der Waals surface area contributed by atoms with Crippen molar-refractivity contribution in [3.05, 3.63) is 94.3 Å². The van der Waals surface area contributed by atoms with Crippen LogP contribution in [0.3, 0.4) is 0 Å². The average molecular weight is 453 g/mol. The molecule has 6 nitrogen and oxygen atoms in total. The van der Waals surface area contributed by atoms with Crippen molar-refractivity contribution in [2.75, 3.05) is 10.2 Å². The van der Waals surface area contributed by atoms with Crippen LogP contribution in [-0.2, 0) is 16.1 Å². The van der Waals surface area contributed by atoms with Crippen LogP contribution < -0.4 is 10.2 Å². The molecule has 0 aromatic heterocycles. The highest BCUT2D eigenvalue weighted by Gasteiger charge is 2.38. The monoisotopic (exact) mass is 452 g/mol. The predicted molar refractivity (Wildman–Crippen MR) is 118 cm³/mol. The number of hydrogen-bond acceptors (Lipinski definition) is 5. The van der Waals surface area contributed by atoms with Gasteiger partial charge < -0.3 is 10.1 Å². The summed E-state index contributed by atoms with van der Waals surface area (Å²) in [5.41, 5.74) is 1.15. The van der Waals surface area contributed by atoms with E-state index in [0.717, 1.165) is 16.5 Å². The van der Waals surface area contributed by atoms with E-state index in [4.69, 9.17) is 16.3 Å². The first-order valence-corrected chi connectivity index (χ1v) is 10.2. The van der Waals surface area contributed by atoms with E-state index in [0.29, 0.717) is 0 Å². The van der Waals surface area contributed by atoms with E-state index in [2.05, 4.69) is 5.32 Å². The van der Waals surface area contributed by atoms with Gasteiger partial charge >= 0.3 is 5.97 Å². The molecule has 0 spiro atoms. The predicted octanol–water partition coefficient (Wildman–Crippen LogP) is 4.82. The number of fused-ring (bicyclic) bond motifs is 1. The summed E-state index contributed by atoms with van der Waals surface area (Å²) in [6.07, 6.45) is 0. The maximum atomic E-state index is 14.7. The Bertz CT molecular complexity index is 1180. The van der Waals surface area contributed by atoms with Gasteiger partial charge in [-0.15, -0.1) is 0 Å². The number of nitrogens with zero attached hydrogens (tertiary/aromatic N) is 1. The number of esters is 1. The van der Waals surface area contributed by atoms with Crippen molar-refractivity contribution in [3.63, 3.8) is 0 Å². The van der Waals surface area contributed by atoms with E-state index in [1.165, 1.54) is 18.2 Å². The van der Waals surface area contributed by atoms with Gasteiger partial charge in [-0.1, -0.05) is 54.1 Å². The Labute approximate surface area is 188 Å². The van der Waals surface area contributed by atoms with Crippen LogP contribution in [-0.4, -0.2) is 23.8 Å². The number of imide groups is 1. The molecule has 2 amide bonds. The van der Waals surface area contributed by atoms with Crippen LogP contribution in [0.5, 0.6) is 0 Å². The third-order valence-electron chi connectivity index (χ3n) is 5.02. The minimum atomic E-state index is -0.839. The Morgan fingerprint density at radius 3 is 2.25 bits per heavy atom. The van der Waals surface area contributed by atoms with Crippen LogP contribution >= 0.6 is 11.6 Å². The molecule has 8 heteroatoms. The smallest absolute Gasteiger partial charge is 0.328 e. The van der Waals surface area contributed by atoms with E-state index < -0.39 is 29.6 Å². The fraction of sp³-hybridized carbons (Fsp3) is 0.125. The highest BCUT2D eigenvalue weighted by molar-refractivity contribution is 6.36. The number of anilines is 2. The first-order chi connectivity index (χ1) is 15.4. The van der Waals surface area contributed by atoms with Crippen molar-refractivity contribution >= 4 is 40.8 Å². The summed E-state index contributed by atoms with van der Waals surface area (Å²) >= 11 is 6.15. The van der Waals surface area contributed by atoms with Gasteiger partial charge in [-0.3, -0.25) is 9.59 Å². The lowest BCUT2D eigenvalue weighted by Crippen LogP contribution is -2.31. The zero-order valence-corrected chi connectivity index (χ0v) is 17.7. The lowest BCUT2D eigenvalue weighted by molar-refractivity contribution is -0.145. The number of amides is 2. The zero-order valence-electron chi connectivity index (χ0n) is 17.0. The minimum Gasteiger partial charge on any atom is -0.459 e. The van der Waals surface area contributed by atoms with Gasteiger partial charge in [0.15, 0.2) is 0 Å². The molecule has 1 aliphatic heterocycles. The van der Waals surface area contributed by atoms with Crippen molar-refractivity contribution in [2.24, 2.45) is 0 Å². The lowest BCUT2D eigenvalue weighted by atomic mass is 10.1. The number of halogens is 2. The molecule has 0 fully saturated rings. The molecule has 162 valence electrons. The van der Waals surface area contributed by atoms with Gasteiger partial charge in [0.25, 0.3) is 11.8 Å². The van der Waals surface area contributed by atoms with Crippen molar-refractivity contribution in [2.45, 2.75) is 19.6 Å². The molecule has 32 heavy (non-hydrogen) atoms. The molecule has 3 aromatic carbocycles. The molecular formula is C24H18ClFN2O4. The van der Waals surface area contributed by atoms with Gasteiger partial charge in [-0.05, 0) is 36.8 Å². The third kappa shape index (κ3) is 4.07. The number of carbonyl (C=O) groups excluding carboxylic acids is 3. The molecule has 0 bridgehead atoms. The summed E-state index contributed by atoms with van der Waals surface area (Å²) in [5, 5.41) is 2.86. The first kappa shape index (κ1) is 21.5. The van der Waals surface area contributed by atoms with E-state index in [-0.39, 0.29) is 34.1 Å². The van der Waals surface area contributed by atoms with Crippen molar-refractivity contribution in [1.29, 1.82) is 0 Å². The number of rotatable bonds is 6. The second-order valence-corrected chi connectivity index (χ2v) is 7.64. The summed E-state index contributed by atoms with van der Waals surface area (Å²) in [4.78, 5) is 38.6. The second-order valence-electron chi connectivity index (χ2n) is 7.23. The molecule has 0 aliphatic carbocycles. The molecule has 1 aliphatic rings. The standard InChI is InChI=1S/C24H18ClFN2O4/c1-14(24(31)32-13-15-7-3-2-4-8-15)27-20-12-21(19(26)11-18(20)25)28-22(29)16-9-5-6-10-17(16)23(28)30/h2-12,14,27H,13H2,1H3. The van der Waals surface area contributed by atoms with Gasteiger partial charge in [0.1, 0.15) is 18.5 Å². The van der Waals surface area contributed by atoms with Gasteiger partial charge in [0.2, 0.25) is 0 Å². The van der Waals surface area contributed by atoms with Crippen LogP contribution in [0.4, 0.5) is 15.8 Å². The normalized spacial score (nSPS) is 13.7. The number of hydrogen-bond donors (Lipinski definition) is 1. The Balaban J connectivity index is 1.53. The quantitative estimate of drug-likeness (QED) is 0.428. The van der Waals surface area contributed by atoms with Crippen LogP contribution in [0.2, 0.25) is 5.02 Å². The molecular weight excluding hydrogens is 435 g/mol. The molecule has 0 radical (unpaired) electrons. The van der Waals surface area contributed by atoms with Crippen molar-refractivity contribution in [1.82, 2.24) is 0 Å². The molecule has 0 saturated carbocycles. The van der Waals surface area contributed by atoms with Gasteiger partial charge in [-0.2, -0.15) is 0 Å². The fourth-order valence-electron chi connectivity index (χ4n) is 3.37. The topological polar surface area (TPSA) is 75.7 Å². The second kappa shape index (κ2) is 8.80. The lowest BCUT2D eigenvalue weighted by Gasteiger charge is -2.20. The van der Waals surface area contributed by atoms with E-state index in [9.17, 15) is 18.8 Å². The summed E-state index contributed by atoms with van der Waals surface area (Å²) < 4.78 is 20.0. The van der Waals surface area contributed by atoms with Crippen molar-refractivity contribution < 1.29 is 23.5 Å². The molecule has 1 N–H and O–H groups in total. The van der Waals surface area contributed by atoms with Crippen molar-refractivity contribution in [3.8, 4) is 0 Å². The Morgan fingerprint density at radius 1 is 1.03 bits per heavy atom. The summed E-state index contributed by atoms with van der Waals surface area (Å²) in [6, 6.07) is 16.9. The molecule has 1 atom stereocenters. The fourth-order valence-corrected chi connectivity index (χ4v) is 3.58. The summed E-state index contributed by atoms with van der Waals surface area (Å²) in [6.45, 7) is 1.66. The molecule has 1 unspecified atom stereocenters. The summed E-state index contributed by atoms with van der Waals surface area (Å²) in [7, 11) is 0. The van der Waals surface area contributed by atoms with E-state index >= 15 is 0 Å². The maximum Gasteiger partial charge on any atom is 0.328 e. The Morgan fingerprint density at radius 2 is 1.62 bits per heavy atom. The number of benzene rings is 3.